The van der Waals surface area contributed by atoms with Crippen LogP contribution in [0, 0.1) is 0 Å². The van der Waals surface area contributed by atoms with Gasteiger partial charge in [-0.3, -0.25) is 0 Å². The van der Waals surface area contributed by atoms with E-state index in [2.05, 4.69) is 27.8 Å². The molecular formula is C13H15N3. The summed E-state index contributed by atoms with van der Waals surface area (Å²) in [5, 5.41) is 0. The molecule has 0 saturated heterocycles. The Balaban J connectivity index is 2.03. The summed E-state index contributed by atoms with van der Waals surface area (Å²) in [5.41, 5.74) is 7.99. The molecule has 3 heteroatoms. The van der Waals surface area contributed by atoms with E-state index in [0.29, 0.717) is 12.5 Å². The Bertz CT molecular complexity index is 497. The number of nitrogens with two attached hydrogens (primary N) is 1. The average Bonchev–Trinajstić information content (AvgIpc) is 3.07. The molecule has 2 aromatic rings. The van der Waals surface area contributed by atoms with Gasteiger partial charge in [-0.25, -0.2) is 4.98 Å². The van der Waals surface area contributed by atoms with E-state index in [1.54, 1.807) is 0 Å². The minimum atomic E-state index is 0.585. The molecule has 3 rings (SSSR count). The summed E-state index contributed by atoms with van der Waals surface area (Å²) in [6.07, 6.45) is 6.45. The van der Waals surface area contributed by atoms with Crippen LogP contribution in [0.3, 0.4) is 0 Å². The van der Waals surface area contributed by atoms with E-state index in [0.717, 1.165) is 5.56 Å². The van der Waals surface area contributed by atoms with Crippen molar-refractivity contribution in [3.63, 3.8) is 0 Å². The first-order valence-electron chi connectivity index (χ1n) is 5.71. The quantitative estimate of drug-likeness (QED) is 0.849. The highest BCUT2D eigenvalue weighted by atomic mass is 15.1. The van der Waals surface area contributed by atoms with Gasteiger partial charge in [0.2, 0.25) is 0 Å². The van der Waals surface area contributed by atoms with E-state index in [4.69, 9.17) is 5.73 Å². The molecule has 1 saturated carbocycles. The SMILES string of the molecule is NCc1cccc(-n2ccnc2C2CC2)c1. The molecule has 2 N–H and O–H groups in total. The van der Waals surface area contributed by atoms with Gasteiger partial charge in [-0.05, 0) is 30.5 Å². The predicted octanol–water partition coefficient (Wildman–Crippen LogP) is 2.21. The maximum absolute atomic E-state index is 5.66. The number of benzene rings is 1. The standard InChI is InChI=1S/C13H15N3/c14-9-10-2-1-3-12(8-10)16-7-6-15-13(16)11-4-5-11/h1-3,6-8,11H,4-5,9,14H2. The smallest absolute Gasteiger partial charge is 0.116 e. The lowest BCUT2D eigenvalue weighted by Gasteiger charge is -2.08. The second-order valence-corrected chi connectivity index (χ2v) is 4.30. The molecule has 0 atom stereocenters. The van der Waals surface area contributed by atoms with Crippen molar-refractivity contribution in [1.29, 1.82) is 0 Å². The summed E-state index contributed by atoms with van der Waals surface area (Å²) in [6, 6.07) is 8.34. The van der Waals surface area contributed by atoms with Crippen LogP contribution in [-0.4, -0.2) is 9.55 Å². The number of imidazole rings is 1. The van der Waals surface area contributed by atoms with Crippen LogP contribution in [0.25, 0.3) is 5.69 Å². The number of nitrogens with zero attached hydrogens (tertiary/aromatic N) is 2. The first kappa shape index (κ1) is 9.60. The summed E-state index contributed by atoms with van der Waals surface area (Å²) in [7, 11) is 0. The lowest BCUT2D eigenvalue weighted by atomic mass is 10.2. The monoisotopic (exact) mass is 213 g/mol. The number of aromatic nitrogens is 2. The fraction of sp³-hybridized carbons (Fsp3) is 0.308. The summed E-state index contributed by atoms with van der Waals surface area (Å²) in [5.74, 6) is 1.85. The van der Waals surface area contributed by atoms with Crippen molar-refractivity contribution in [3.8, 4) is 5.69 Å². The van der Waals surface area contributed by atoms with E-state index < -0.39 is 0 Å². The first-order valence-corrected chi connectivity index (χ1v) is 5.71. The van der Waals surface area contributed by atoms with Gasteiger partial charge in [0.1, 0.15) is 5.82 Å². The minimum absolute atomic E-state index is 0.585. The van der Waals surface area contributed by atoms with Gasteiger partial charge in [0, 0.05) is 30.5 Å². The third-order valence-electron chi connectivity index (χ3n) is 3.04. The molecule has 1 aliphatic rings. The molecule has 1 heterocycles. The predicted molar refractivity (Wildman–Crippen MR) is 63.4 cm³/mol. The van der Waals surface area contributed by atoms with Gasteiger partial charge in [0.25, 0.3) is 0 Å². The van der Waals surface area contributed by atoms with E-state index in [-0.39, 0.29) is 0 Å². The van der Waals surface area contributed by atoms with Crippen molar-refractivity contribution >= 4 is 0 Å². The second-order valence-electron chi connectivity index (χ2n) is 4.30. The minimum Gasteiger partial charge on any atom is -0.326 e. The summed E-state index contributed by atoms with van der Waals surface area (Å²) >= 11 is 0. The highest BCUT2D eigenvalue weighted by Gasteiger charge is 2.28. The molecule has 3 nitrogen and oxygen atoms in total. The zero-order valence-corrected chi connectivity index (χ0v) is 9.13. The molecule has 0 unspecified atom stereocenters. The summed E-state index contributed by atoms with van der Waals surface area (Å²) < 4.78 is 2.18. The van der Waals surface area contributed by atoms with Crippen LogP contribution in [0.5, 0.6) is 0 Å². The molecule has 16 heavy (non-hydrogen) atoms. The average molecular weight is 213 g/mol. The van der Waals surface area contributed by atoms with Crippen molar-refractivity contribution in [1.82, 2.24) is 9.55 Å². The van der Waals surface area contributed by atoms with Crippen LogP contribution in [0.1, 0.15) is 30.1 Å². The summed E-state index contributed by atoms with van der Waals surface area (Å²) in [4.78, 5) is 4.44. The highest BCUT2D eigenvalue weighted by Crippen LogP contribution is 2.39. The number of hydrogen-bond acceptors (Lipinski definition) is 2. The Morgan fingerprint density at radius 2 is 2.25 bits per heavy atom. The van der Waals surface area contributed by atoms with E-state index in [9.17, 15) is 0 Å². The van der Waals surface area contributed by atoms with Crippen molar-refractivity contribution in [2.45, 2.75) is 25.3 Å². The Morgan fingerprint density at radius 3 is 3.00 bits per heavy atom. The third-order valence-corrected chi connectivity index (χ3v) is 3.04. The van der Waals surface area contributed by atoms with Crippen LogP contribution >= 0.6 is 0 Å². The molecule has 0 spiro atoms. The fourth-order valence-electron chi connectivity index (χ4n) is 2.01. The van der Waals surface area contributed by atoms with E-state index in [1.165, 1.54) is 24.4 Å². The molecular weight excluding hydrogens is 198 g/mol. The molecule has 1 aliphatic carbocycles. The van der Waals surface area contributed by atoms with E-state index >= 15 is 0 Å². The third kappa shape index (κ3) is 1.63. The largest absolute Gasteiger partial charge is 0.326 e. The first-order chi connectivity index (χ1) is 7.88. The molecule has 0 amide bonds. The second kappa shape index (κ2) is 3.76. The van der Waals surface area contributed by atoms with Crippen LogP contribution in [0.2, 0.25) is 0 Å². The number of rotatable bonds is 3. The maximum atomic E-state index is 5.66. The van der Waals surface area contributed by atoms with Crippen LogP contribution < -0.4 is 5.73 Å². The maximum Gasteiger partial charge on any atom is 0.116 e. The zero-order valence-electron chi connectivity index (χ0n) is 9.13. The van der Waals surface area contributed by atoms with Crippen molar-refractivity contribution in [3.05, 3.63) is 48.0 Å². The van der Waals surface area contributed by atoms with Crippen LogP contribution in [-0.2, 0) is 6.54 Å². The Kier molecular flexibility index (Phi) is 2.26. The van der Waals surface area contributed by atoms with Crippen molar-refractivity contribution < 1.29 is 0 Å². The molecule has 1 aromatic heterocycles. The van der Waals surface area contributed by atoms with Gasteiger partial charge < -0.3 is 10.3 Å². The lowest BCUT2D eigenvalue weighted by Crippen LogP contribution is -2.01. The normalized spacial score (nSPS) is 15.3. The van der Waals surface area contributed by atoms with Crippen molar-refractivity contribution in [2.75, 3.05) is 0 Å². The van der Waals surface area contributed by atoms with Gasteiger partial charge in [0.15, 0.2) is 0 Å². The summed E-state index contributed by atoms with van der Waals surface area (Å²) in [6.45, 7) is 0.585. The Morgan fingerprint density at radius 1 is 1.38 bits per heavy atom. The zero-order chi connectivity index (χ0) is 11.0. The van der Waals surface area contributed by atoms with Crippen LogP contribution in [0.15, 0.2) is 36.7 Å². The Hall–Kier alpha value is -1.61. The van der Waals surface area contributed by atoms with Crippen molar-refractivity contribution in [2.24, 2.45) is 5.73 Å². The van der Waals surface area contributed by atoms with Crippen LogP contribution in [0.4, 0.5) is 0 Å². The van der Waals surface area contributed by atoms with Gasteiger partial charge in [-0.2, -0.15) is 0 Å². The van der Waals surface area contributed by atoms with Gasteiger partial charge >= 0.3 is 0 Å². The molecule has 0 bridgehead atoms. The van der Waals surface area contributed by atoms with Gasteiger partial charge in [-0.1, -0.05) is 12.1 Å². The highest BCUT2D eigenvalue weighted by molar-refractivity contribution is 5.38. The molecule has 0 aliphatic heterocycles. The van der Waals surface area contributed by atoms with Gasteiger partial charge in [0.05, 0.1) is 0 Å². The topological polar surface area (TPSA) is 43.8 Å². The van der Waals surface area contributed by atoms with Gasteiger partial charge in [-0.15, -0.1) is 0 Å². The number of hydrogen-bond donors (Lipinski definition) is 1. The Labute approximate surface area is 94.9 Å². The van der Waals surface area contributed by atoms with E-state index in [1.807, 2.05) is 18.5 Å². The molecule has 0 radical (unpaired) electrons. The lowest BCUT2D eigenvalue weighted by molar-refractivity contribution is 0.877. The molecule has 1 fully saturated rings. The molecule has 1 aromatic carbocycles. The fourth-order valence-corrected chi connectivity index (χ4v) is 2.01. The molecule has 82 valence electrons.